The van der Waals surface area contributed by atoms with E-state index in [0.717, 1.165) is 27.4 Å². The maximum absolute atomic E-state index is 9.10. The molecule has 0 saturated carbocycles. The van der Waals surface area contributed by atoms with Crippen molar-refractivity contribution in [1.82, 2.24) is 23.8 Å². The zero-order chi connectivity index (χ0) is 22.4. The van der Waals surface area contributed by atoms with Crippen LogP contribution in [-0.2, 0) is 9.59 Å². The Morgan fingerprint density at radius 1 is 1.19 bits per heavy atom. The monoisotopic (exact) mass is 503 g/mol. The van der Waals surface area contributed by atoms with Crippen LogP contribution in [-0.4, -0.2) is 76.6 Å². The Morgan fingerprint density at radius 3 is 2.45 bits per heavy atom. The molecule has 2 aromatic heterocycles. The van der Waals surface area contributed by atoms with E-state index < -0.39 is 11.9 Å². The normalized spacial score (nSPS) is 23.1. The first-order valence-electron chi connectivity index (χ1n) is 9.94. The lowest BCUT2D eigenvalue weighted by molar-refractivity contribution is -0.159. The molecule has 31 heavy (non-hydrogen) atoms. The van der Waals surface area contributed by atoms with Crippen LogP contribution in [0.5, 0.6) is 0 Å². The Balaban J connectivity index is 0.000000401. The molecule has 13 heteroatoms. The summed E-state index contributed by atoms with van der Waals surface area (Å²) in [7, 11) is 0. The highest BCUT2D eigenvalue weighted by molar-refractivity contribution is 8.01. The molecule has 9 nitrogen and oxygen atoms in total. The minimum atomic E-state index is -1.82. The topological polar surface area (TPSA) is 129 Å². The zero-order valence-electron chi connectivity index (χ0n) is 17.3. The summed E-state index contributed by atoms with van der Waals surface area (Å²) < 4.78 is 10.4. The molecule has 3 aliphatic rings. The van der Waals surface area contributed by atoms with Gasteiger partial charge in [0.05, 0.1) is 17.4 Å². The molecule has 5 heterocycles. The van der Waals surface area contributed by atoms with Gasteiger partial charge in [-0.15, -0.1) is 22.0 Å². The number of thioether (sulfide) groups is 2. The molecule has 5 rings (SSSR count). The molecular formula is C18H25N5O4S4. The summed E-state index contributed by atoms with van der Waals surface area (Å²) in [6.07, 6.45) is 3.81. The largest absolute Gasteiger partial charge is 0.473 e. The first kappa shape index (κ1) is 24.4. The smallest absolute Gasteiger partial charge is 0.414 e. The third-order valence-electron chi connectivity index (χ3n) is 5.25. The first-order chi connectivity index (χ1) is 14.8. The molecule has 3 aliphatic heterocycles. The van der Waals surface area contributed by atoms with Gasteiger partial charge in [-0.25, -0.2) is 9.59 Å². The maximum Gasteiger partial charge on any atom is 0.414 e. The van der Waals surface area contributed by atoms with E-state index in [9.17, 15) is 0 Å². The molecule has 2 atom stereocenters. The number of carbonyl (C=O) groups is 2. The predicted octanol–water partition coefficient (Wildman–Crippen LogP) is 3.33. The van der Waals surface area contributed by atoms with Gasteiger partial charge in [-0.3, -0.25) is 0 Å². The number of aryl methyl sites for hydroxylation is 1. The fourth-order valence-corrected chi connectivity index (χ4v) is 7.84. The molecule has 2 bridgehead atoms. The molecule has 3 fully saturated rings. The van der Waals surface area contributed by atoms with Crippen LogP contribution in [0.2, 0.25) is 0 Å². The number of carboxylic acid groups (broad SMARTS) is 2. The molecule has 0 radical (unpaired) electrons. The molecule has 0 amide bonds. The molecule has 2 unspecified atom stereocenters. The summed E-state index contributed by atoms with van der Waals surface area (Å²) in [5, 5.41) is 25.9. The van der Waals surface area contributed by atoms with E-state index in [-0.39, 0.29) is 0 Å². The van der Waals surface area contributed by atoms with Crippen molar-refractivity contribution in [3.8, 4) is 0 Å². The van der Waals surface area contributed by atoms with E-state index in [2.05, 4.69) is 30.8 Å². The van der Waals surface area contributed by atoms with E-state index in [4.69, 9.17) is 19.8 Å². The van der Waals surface area contributed by atoms with Gasteiger partial charge in [0.25, 0.3) is 0 Å². The fraction of sp³-hybridized carbons (Fsp3) is 0.667. The second-order valence-corrected chi connectivity index (χ2v) is 11.9. The van der Waals surface area contributed by atoms with Crippen molar-refractivity contribution in [3.63, 3.8) is 0 Å². The fourth-order valence-electron chi connectivity index (χ4n) is 3.67. The van der Waals surface area contributed by atoms with Crippen LogP contribution in [0.4, 0.5) is 0 Å². The van der Waals surface area contributed by atoms with Crippen LogP contribution in [0.25, 0.3) is 0 Å². The summed E-state index contributed by atoms with van der Waals surface area (Å²) in [6, 6.07) is 0. The maximum atomic E-state index is 9.10. The number of hydrogen-bond donors (Lipinski definition) is 2. The van der Waals surface area contributed by atoms with Gasteiger partial charge in [0.15, 0.2) is 4.34 Å². The van der Waals surface area contributed by atoms with Crippen LogP contribution in [0.15, 0.2) is 9.37 Å². The van der Waals surface area contributed by atoms with Gasteiger partial charge in [-0.1, -0.05) is 30.0 Å². The highest BCUT2D eigenvalue weighted by Crippen LogP contribution is 2.41. The van der Waals surface area contributed by atoms with Gasteiger partial charge in [-0.05, 0) is 45.2 Å². The molecule has 0 aromatic carbocycles. The number of aliphatic carboxylic acids is 2. The summed E-state index contributed by atoms with van der Waals surface area (Å²) in [4.78, 5) is 20.8. The van der Waals surface area contributed by atoms with E-state index in [1.165, 1.54) is 54.9 Å². The van der Waals surface area contributed by atoms with Gasteiger partial charge in [0.1, 0.15) is 10.0 Å². The minimum Gasteiger partial charge on any atom is -0.473 e. The number of carboxylic acids is 2. The van der Waals surface area contributed by atoms with Crippen LogP contribution in [0.1, 0.15) is 42.8 Å². The second kappa shape index (κ2) is 11.5. The van der Waals surface area contributed by atoms with Crippen molar-refractivity contribution in [2.45, 2.75) is 53.6 Å². The molecule has 0 spiro atoms. The van der Waals surface area contributed by atoms with Gasteiger partial charge in [0.2, 0.25) is 0 Å². The summed E-state index contributed by atoms with van der Waals surface area (Å²) in [5.41, 5.74) is 1.28. The average Bonchev–Trinajstić information content (AvgIpc) is 3.38. The highest BCUT2D eigenvalue weighted by atomic mass is 32.2. The first-order valence-corrected chi connectivity index (χ1v) is 13.3. The van der Waals surface area contributed by atoms with Crippen molar-refractivity contribution in [3.05, 3.63) is 10.7 Å². The molecule has 170 valence electrons. The van der Waals surface area contributed by atoms with E-state index in [1.54, 1.807) is 11.3 Å². The average molecular weight is 504 g/mol. The quantitative estimate of drug-likeness (QED) is 0.426. The second-order valence-electron chi connectivity index (χ2n) is 7.46. The predicted molar refractivity (Wildman–Crippen MR) is 122 cm³/mol. The molecular weight excluding hydrogens is 478 g/mol. The molecule has 2 aromatic rings. The molecule has 2 N–H and O–H groups in total. The zero-order valence-corrected chi connectivity index (χ0v) is 20.5. The van der Waals surface area contributed by atoms with E-state index >= 15 is 0 Å². The Hall–Kier alpha value is -1.28. The Labute approximate surface area is 197 Å². The van der Waals surface area contributed by atoms with E-state index in [1.807, 2.05) is 30.4 Å². The molecule has 3 saturated heterocycles. The van der Waals surface area contributed by atoms with Crippen molar-refractivity contribution in [2.24, 2.45) is 5.92 Å². The van der Waals surface area contributed by atoms with Gasteiger partial charge in [0, 0.05) is 23.5 Å². The SMILES string of the molecule is Cc1nnc(SC(C)CCSc2nsnc2C2CN3CCC2CC3)s1.O=C(O)C(=O)O. The summed E-state index contributed by atoms with van der Waals surface area (Å²) in [5.74, 6) is -1.13. The van der Waals surface area contributed by atoms with Crippen molar-refractivity contribution < 1.29 is 19.8 Å². The van der Waals surface area contributed by atoms with Gasteiger partial charge >= 0.3 is 11.9 Å². The minimum absolute atomic E-state index is 0.548. The standard InChI is InChI=1S/C16H23N5S4.C2H2O4/c1-10(23-16-18-17-11(2)24-16)5-8-22-15-14(19-25-20-15)13-9-21-6-3-12(13)4-7-21;3-1(4)2(5)6/h10,12-13H,3-9H2,1-2H3;(H,3,4)(H,5,6). The number of piperidine rings is 3. The summed E-state index contributed by atoms with van der Waals surface area (Å²) >= 11 is 6.80. The molecule has 0 aliphatic carbocycles. The third kappa shape index (κ3) is 7.11. The number of rotatable bonds is 7. The van der Waals surface area contributed by atoms with Crippen molar-refractivity contribution >= 4 is 58.5 Å². The summed E-state index contributed by atoms with van der Waals surface area (Å²) in [6.45, 7) is 8.03. The van der Waals surface area contributed by atoms with Crippen LogP contribution >= 0.6 is 46.6 Å². The van der Waals surface area contributed by atoms with Crippen LogP contribution < -0.4 is 0 Å². The van der Waals surface area contributed by atoms with Crippen molar-refractivity contribution in [2.75, 3.05) is 25.4 Å². The number of fused-ring (bicyclic) bond motifs is 3. The number of nitrogens with zero attached hydrogens (tertiary/aromatic N) is 5. The Morgan fingerprint density at radius 2 is 1.90 bits per heavy atom. The van der Waals surface area contributed by atoms with Crippen LogP contribution in [0.3, 0.4) is 0 Å². The van der Waals surface area contributed by atoms with Gasteiger partial charge < -0.3 is 15.1 Å². The van der Waals surface area contributed by atoms with E-state index in [0.29, 0.717) is 11.2 Å². The Kier molecular flexibility index (Phi) is 9.07. The number of aromatic nitrogens is 4. The lowest BCUT2D eigenvalue weighted by atomic mass is 9.78. The third-order valence-corrected chi connectivity index (χ3v) is 9.01. The lowest BCUT2D eigenvalue weighted by Crippen LogP contribution is -2.46. The van der Waals surface area contributed by atoms with Crippen molar-refractivity contribution in [1.29, 1.82) is 0 Å². The Bertz CT molecular complexity index is 872. The number of hydrogen-bond acceptors (Lipinski definition) is 11. The highest BCUT2D eigenvalue weighted by Gasteiger charge is 2.37. The van der Waals surface area contributed by atoms with Gasteiger partial charge in [-0.2, -0.15) is 8.75 Å². The lowest BCUT2D eigenvalue weighted by Gasteiger charge is -2.44. The van der Waals surface area contributed by atoms with Crippen LogP contribution in [0, 0.1) is 12.8 Å².